The second-order valence-electron chi connectivity index (χ2n) is 7.15. The number of amides is 1. The molecular weight excluding hydrogens is 344 g/mol. The zero-order valence-corrected chi connectivity index (χ0v) is 15.1. The molecule has 0 saturated heterocycles. The third kappa shape index (κ3) is 3.65. The van der Waals surface area contributed by atoms with Gasteiger partial charge in [0.15, 0.2) is 11.5 Å². The van der Waals surface area contributed by atoms with Gasteiger partial charge in [-0.1, -0.05) is 6.07 Å². The van der Waals surface area contributed by atoms with Gasteiger partial charge in [-0.3, -0.25) is 14.6 Å². The van der Waals surface area contributed by atoms with E-state index < -0.39 is 0 Å². The van der Waals surface area contributed by atoms with Crippen LogP contribution in [0.25, 0.3) is 11.1 Å². The number of nitrogens with zero attached hydrogens (tertiary/aromatic N) is 2. The molecule has 1 aliphatic heterocycles. The van der Waals surface area contributed by atoms with Crippen molar-refractivity contribution in [3.63, 3.8) is 0 Å². The van der Waals surface area contributed by atoms with E-state index in [0.717, 1.165) is 29.5 Å². The molecule has 6 heteroatoms. The van der Waals surface area contributed by atoms with Crippen molar-refractivity contribution in [2.75, 3.05) is 13.2 Å². The number of fused-ring (bicyclic) bond motifs is 1. The van der Waals surface area contributed by atoms with Crippen molar-refractivity contribution in [1.29, 1.82) is 0 Å². The van der Waals surface area contributed by atoms with E-state index >= 15 is 0 Å². The number of carbonyl (C=O) groups is 2. The number of hydrogen-bond acceptors (Lipinski definition) is 5. The summed E-state index contributed by atoms with van der Waals surface area (Å²) in [4.78, 5) is 30.5. The molecule has 1 amide bonds. The molecule has 1 saturated carbocycles. The molecule has 4 rings (SSSR count). The predicted molar refractivity (Wildman–Crippen MR) is 99.2 cm³/mol. The number of hydrogen-bond donors (Lipinski definition) is 1. The van der Waals surface area contributed by atoms with Crippen LogP contribution in [-0.4, -0.2) is 39.8 Å². The van der Waals surface area contributed by atoms with Crippen LogP contribution in [0.1, 0.15) is 31.2 Å². The minimum Gasteiger partial charge on any atom is -0.504 e. The van der Waals surface area contributed by atoms with Crippen LogP contribution >= 0.6 is 0 Å². The number of benzene rings is 1. The van der Waals surface area contributed by atoms with Crippen LogP contribution in [0.2, 0.25) is 0 Å². The number of aromatic nitrogens is 1. The first-order valence-corrected chi connectivity index (χ1v) is 9.31. The fourth-order valence-electron chi connectivity index (χ4n) is 3.86. The Morgan fingerprint density at radius 2 is 2.22 bits per heavy atom. The lowest BCUT2D eigenvalue weighted by Gasteiger charge is -2.21. The normalized spacial score (nSPS) is 19.3. The van der Waals surface area contributed by atoms with E-state index in [1.165, 1.54) is 0 Å². The Labute approximate surface area is 157 Å². The minimum absolute atomic E-state index is 0.0297. The Hall–Kier alpha value is -2.89. The second-order valence-corrected chi connectivity index (χ2v) is 7.15. The Morgan fingerprint density at radius 3 is 2.96 bits per heavy atom. The molecule has 1 aromatic carbocycles. The van der Waals surface area contributed by atoms with Crippen molar-refractivity contribution in [3.05, 3.63) is 42.2 Å². The Kier molecular flexibility index (Phi) is 4.79. The van der Waals surface area contributed by atoms with Crippen LogP contribution < -0.4 is 4.74 Å². The fraction of sp³-hybridized carbons (Fsp3) is 0.381. The third-order valence-electron chi connectivity index (χ3n) is 5.31. The average molecular weight is 366 g/mol. The highest BCUT2D eigenvalue weighted by molar-refractivity contribution is 5.88. The molecule has 1 aromatic heterocycles. The minimum atomic E-state index is -0.142. The molecule has 0 spiro atoms. The maximum Gasteiger partial charge on any atom is 0.223 e. The van der Waals surface area contributed by atoms with E-state index in [1.54, 1.807) is 23.4 Å². The topological polar surface area (TPSA) is 79.7 Å². The van der Waals surface area contributed by atoms with Gasteiger partial charge in [-0.05, 0) is 36.6 Å². The van der Waals surface area contributed by atoms with Gasteiger partial charge in [-0.25, -0.2) is 0 Å². The summed E-state index contributed by atoms with van der Waals surface area (Å²) >= 11 is 0. The molecule has 1 N–H and O–H groups in total. The molecule has 2 aromatic rings. The van der Waals surface area contributed by atoms with Gasteiger partial charge < -0.3 is 14.7 Å². The molecule has 2 heterocycles. The molecule has 0 radical (unpaired) electrons. The second kappa shape index (κ2) is 7.39. The summed E-state index contributed by atoms with van der Waals surface area (Å²) in [6.07, 6.45) is 5.96. The highest BCUT2D eigenvalue weighted by atomic mass is 16.5. The molecule has 2 aliphatic rings. The number of rotatable bonds is 3. The van der Waals surface area contributed by atoms with Gasteiger partial charge in [0.25, 0.3) is 0 Å². The van der Waals surface area contributed by atoms with Crippen LogP contribution in [-0.2, 0) is 16.1 Å². The zero-order chi connectivity index (χ0) is 18.8. The Bertz CT molecular complexity index is 866. The SMILES string of the molecule is O=C1CCCC1CC(=O)N1CCOc2c(O)cc(-c3cccnc3)cc2C1. The summed E-state index contributed by atoms with van der Waals surface area (Å²) in [6.45, 7) is 1.12. The van der Waals surface area contributed by atoms with Crippen molar-refractivity contribution in [1.82, 2.24) is 9.88 Å². The summed E-state index contributed by atoms with van der Waals surface area (Å²) in [5.41, 5.74) is 2.47. The molecule has 140 valence electrons. The van der Waals surface area contributed by atoms with Crippen LogP contribution in [0.5, 0.6) is 11.5 Å². The monoisotopic (exact) mass is 366 g/mol. The largest absolute Gasteiger partial charge is 0.504 e. The molecule has 27 heavy (non-hydrogen) atoms. The van der Waals surface area contributed by atoms with Gasteiger partial charge in [0, 0.05) is 48.8 Å². The van der Waals surface area contributed by atoms with Gasteiger partial charge in [-0.15, -0.1) is 0 Å². The lowest BCUT2D eigenvalue weighted by molar-refractivity contribution is -0.135. The Morgan fingerprint density at radius 1 is 1.33 bits per heavy atom. The molecule has 0 bridgehead atoms. The number of phenolic OH excluding ortho intramolecular Hbond substituents is 1. The first-order valence-electron chi connectivity index (χ1n) is 9.31. The molecule has 1 aliphatic carbocycles. The van der Waals surface area contributed by atoms with Crippen LogP contribution in [0.3, 0.4) is 0 Å². The van der Waals surface area contributed by atoms with E-state index in [1.807, 2.05) is 18.2 Å². The van der Waals surface area contributed by atoms with E-state index in [2.05, 4.69) is 4.98 Å². The standard InChI is InChI=1S/C21H22N2O4/c24-18-5-1-3-14(18)11-20(26)23-7-8-27-21-17(13-23)9-16(10-19(21)25)15-4-2-6-22-12-15/h2,4,6,9-10,12,14,25H,1,3,5,7-8,11,13H2. The molecule has 1 atom stereocenters. The number of ketones is 1. The number of ether oxygens (including phenoxy) is 1. The number of pyridine rings is 1. The van der Waals surface area contributed by atoms with Crippen molar-refractivity contribution in [2.24, 2.45) is 5.92 Å². The van der Waals surface area contributed by atoms with Crippen LogP contribution in [0.4, 0.5) is 0 Å². The van der Waals surface area contributed by atoms with Crippen molar-refractivity contribution < 1.29 is 19.4 Å². The smallest absolute Gasteiger partial charge is 0.223 e. The van der Waals surface area contributed by atoms with E-state index in [-0.39, 0.29) is 29.8 Å². The highest BCUT2D eigenvalue weighted by Gasteiger charge is 2.30. The first-order chi connectivity index (χ1) is 13.1. The highest BCUT2D eigenvalue weighted by Crippen LogP contribution is 2.37. The maximum atomic E-state index is 12.7. The van der Waals surface area contributed by atoms with Crippen molar-refractivity contribution in [3.8, 4) is 22.6 Å². The van der Waals surface area contributed by atoms with Gasteiger partial charge >= 0.3 is 0 Å². The maximum absolute atomic E-state index is 12.7. The number of carbonyl (C=O) groups excluding carboxylic acids is 2. The summed E-state index contributed by atoms with van der Waals surface area (Å²) in [7, 11) is 0. The summed E-state index contributed by atoms with van der Waals surface area (Å²) in [6, 6.07) is 7.34. The van der Waals surface area contributed by atoms with Gasteiger partial charge in [0.2, 0.25) is 5.91 Å². The average Bonchev–Trinajstić information content (AvgIpc) is 2.94. The predicted octanol–water partition coefficient (Wildman–Crippen LogP) is 2.93. The molecule has 1 fully saturated rings. The van der Waals surface area contributed by atoms with Gasteiger partial charge in [-0.2, -0.15) is 0 Å². The summed E-state index contributed by atoms with van der Waals surface area (Å²) in [5, 5.41) is 10.4. The van der Waals surface area contributed by atoms with Gasteiger partial charge in [0.1, 0.15) is 12.4 Å². The van der Waals surface area contributed by atoms with E-state index in [0.29, 0.717) is 31.9 Å². The number of aromatic hydroxyl groups is 1. The molecular formula is C21H22N2O4. The summed E-state index contributed by atoms with van der Waals surface area (Å²) in [5.74, 6) is 0.516. The zero-order valence-electron chi connectivity index (χ0n) is 15.1. The van der Waals surface area contributed by atoms with E-state index in [4.69, 9.17) is 4.74 Å². The fourth-order valence-corrected chi connectivity index (χ4v) is 3.86. The summed E-state index contributed by atoms with van der Waals surface area (Å²) < 4.78 is 5.72. The molecule has 6 nitrogen and oxygen atoms in total. The van der Waals surface area contributed by atoms with Crippen LogP contribution in [0.15, 0.2) is 36.7 Å². The molecule has 1 unspecified atom stereocenters. The van der Waals surface area contributed by atoms with Gasteiger partial charge in [0.05, 0.1) is 6.54 Å². The van der Waals surface area contributed by atoms with E-state index in [9.17, 15) is 14.7 Å². The van der Waals surface area contributed by atoms with Crippen molar-refractivity contribution >= 4 is 11.7 Å². The number of phenols is 1. The first kappa shape index (κ1) is 17.5. The van der Waals surface area contributed by atoms with Crippen LogP contribution in [0, 0.1) is 5.92 Å². The Balaban J connectivity index is 1.58. The quantitative estimate of drug-likeness (QED) is 0.903. The lowest BCUT2D eigenvalue weighted by Crippen LogP contribution is -2.34. The lowest BCUT2D eigenvalue weighted by atomic mass is 10.0. The van der Waals surface area contributed by atoms with Crippen molar-refractivity contribution in [2.45, 2.75) is 32.2 Å². The third-order valence-corrected chi connectivity index (χ3v) is 5.31. The number of Topliss-reactive ketones (excluding diaryl/α,β-unsaturated/α-hetero) is 1.